The number of aryl methyl sites for hydroxylation is 1. The molecule has 1 saturated carbocycles. The number of aromatic nitrogens is 2. The van der Waals surface area contributed by atoms with E-state index in [4.69, 9.17) is 4.74 Å². The number of benzene rings is 1. The third-order valence-electron chi connectivity index (χ3n) is 6.16. The summed E-state index contributed by atoms with van der Waals surface area (Å²) in [6, 6.07) is 4.01. The number of hydrogen-bond acceptors (Lipinski definition) is 4. The normalized spacial score (nSPS) is 30.6. The minimum Gasteiger partial charge on any atom is -0.504 e. The largest absolute Gasteiger partial charge is 0.504 e. The lowest BCUT2D eigenvalue weighted by molar-refractivity contribution is 0.313. The lowest BCUT2D eigenvalue weighted by Gasteiger charge is -2.37. The number of rotatable bonds is 1. The van der Waals surface area contributed by atoms with E-state index in [1.807, 2.05) is 6.07 Å². The molecule has 112 valence electrons. The molecule has 0 spiro atoms. The van der Waals surface area contributed by atoms with Gasteiger partial charge in [0.15, 0.2) is 11.5 Å². The van der Waals surface area contributed by atoms with E-state index in [-0.39, 0.29) is 10.8 Å². The van der Waals surface area contributed by atoms with Gasteiger partial charge in [-0.15, -0.1) is 0 Å². The zero-order chi connectivity index (χ0) is 14.9. The number of aromatic hydroxyl groups is 1. The Bertz CT molecular complexity index is 804. The third-order valence-corrected chi connectivity index (χ3v) is 6.16. The van der Waals surface area contributed by atoms with Crippen molar-refractivity contribution in [2.45, 2.75) is 37.5 Å². The number of phenols is 1. The molecule has 0 amide bonds. The topological polar surface area (TPSA) is 55.2 Å². The molecule has 2 atom stereocenters. The van der Waals surface area contributed by atoms with Gasteiger partial charge in [-0.25, -0.2) is 0 Å². The molecule has 4 heteroatoms. The van der Waals surface area contributed by atoms with Gasteiger partial charge in [0.2, 0.25) is 0 Å². The van der Waals surface area contributed by atoms with Gasteiger partial charge in [-0.3, -0.25) is 9.97 Å². The summed E-state index contributed by atoms with van der Waals surface area (Å²) in [7, 11) is 1.61. The fourth-order valence-corrected chi connectivity index (χ4v) is 5.07. The van der Waals surface area contributed by atoms with Crippen LogP contribution in [0.2, 0.25) is 0 Å². The van der Waals surface area contributed by atoms with Crippen molar-refractivity contribution in [3.63, 3.8) is 0 Å². The van der Waals surface area contributed by atoms with E-state index < -0.39 is 0 Å². The molecule has 0 aliphatic heterocycles. The van der Waals surface area contributed by atoms with Crippen LogP contribution in [0.3, 0.4) is 0 Å². The monoisotopic (exact) mass is 294 g/mol. The first-order valence-corrected chi connectivity index (χ1v) is 7.87. The summed E-state index contributed by atoms with van der Waals surface area (Å²) < 4.78 is 5.34. The van der Waals surface area contributed by atoms with Crippen LogP contribution in [0.15, 0.2) is 24.5 Å². The molecule has 0 unspecified atom stereocenters. The number of hydrogen-bond donors (Lipinski definition) is 1. The second kappa shape index (κ2) is 3.80. The summed E-state index contributed by atoms with van der Waals surface area (Å²) in [6.45, 7) is 0. The molecule has 0 saturated heterocycles. The minimum atomic E-state index is 0.0439. The average Bonchev–Trinajstić information content (AvgIpc) is 3.21. The average molecular weight is 294 g/mol. The summed E-state index contributed by atoms with van der Waals surface area (Å²) >= 11 is 0. The number of phenolic OH excluding ortho intramolecular Hbond substituents is 1. The van der Waals surface area contributed by atoms with Crippen molar-refractivity contribution < 1.29 is 9.84 Å². The Balaban J connectivity index is 1.72. The van der Waals surface area contributed by atoms with Gasteiger partial charge in [-0.2, -0.15) is 0 Å². The van der Waals surface area contributed by atoms with E-state index >= 15 is 0 Å². The predicted molar refractivity (Wildman–Crippen MR) is 81.1 cm³/mol. The van der Waals surface area contributed by atoms with E-state index in [1.165, 1.54) is 12.0 Å². The Kier molecular flexibility index (Phi) is 2.15. The molecule has 4 nitrogen and oxygen atoms in total. The molecule has 2 aromatic rings. The molecule has 3 aliphatic carbocycles. The lowest BCUT2D eigenvalue weighted by atomic mass is 9.68. The highest BCUT2D eigenvalue weighted by atomic mass is 16.5. The molecule has 1 N–H and O–H groups in total. The number of methoxy groups -OCH3 is 1. The van der Waals surface area contributed by atoms with Crippen LogP contribution in [0.25, 0.3) is 0 Å². The molecule has 22 heavy (non-hydrogen) atoms. The van der Waals surface area contributed by atoms with Crippen molar-refractivity contribution >= 4 is 0 Å². The van der Waals surface area contributed by atoms with Crippen molar-refractivity contribution in [1.82, 2.24) is 9.97 Å². The highest BCUT2D eigenvalue weighted by Crippen LogP contribution is 2.75. The number of nitrogens with zero attached hydrogens (tertiary/aromatic N) is 2. The van der Waals surface area contributed by atoms with E-state index in [2.05, 4.69) is 16.0 Å². The fraction of sp³-hybridized carbons (Fsp3) is 0.444. The SMILES string of the molecule is COc1ccc2c(c1O)[C@]13Cc4nccnc4C[C@@]1(CC2)C3. The van der Waals surface area contributed by atoms with Crippen LogP contribution >= 0.6 is 0 Å². The summed E-state index contributed by atoms with van der Waals surface area (Å²) in [6.07, 6.45) is 8.80. The van der Waals surface area contributed by atoms with Gasteiger partial charge in [0.1, 0.15) is 0 Å². The molecule has 1 aromatic heterocycles. The van der Waals surface area contributed by atoms with Gasteiger partial charge in [0.05, 0.1) is 18.5 Å². The van der Waals surface area contributed by atoms with E-state index in [0.717, 1.165) is 42.6 Å². The minimum absolute atomic E-state index is 0.0439. The molecule has 5 rings (SSSR count). The Morgan fingerprint density at radius 3 is 2.68 bits per heavy atom. The standard InChI is InChI=1S/C18H18N2O2/c1-22-14-3-2-11-4-5-17-8-12-13(20-7-6-19-12)9-18(17,10-17)15(11)16(14)21/h2-3,6-7,21H,4-5,8-10H2,1H3/t17-,18+/m0/s1. The van der Waals surface area contributed by atoms with Crippen molar-refractivity contribution in [3.05, 3.63) is 47.0 Å². The smallest absolute Gasteiger partial charge is 0.161 e. The fourth-order valence-electron chi connectivity index (χ4n) is 5.07. The molecular formula is C18H18N2O2. The molecule has 3 aliphatic rings. The molecular weight excluding hydrogens is 276 g/mol. The molecule has 1 aromatic carbocycles. The second-order valence-electron chi connectivity index (χ2n) is 6.99. The quantitative estimate of drug-likeness (QED) is 0.878. The van der Waals surface area contributed by atoms with E-state index in [0.29, 0.717) is 11.5 Å². The summed E-state index contributed by atoms with van der Waals surface area (Å²) in [5, 5.41) is 10.7. The molecule has 0 bridgehead atoms. The summed E-state index contributed by atoms with van der Waals surface area (Å²) in [5.41, 5.74) is 4.97. The van der Waals surface area contributed by atoms with Gasteiger partial charge < -0.3 is 9.84 Å². The van der Waals surface area contributed by atoms with Gasteiger partial charge in [0, 0.05) is 29.8 Å². The summed E-state index contributed by atoms with van der Waals surface area (Å²) in [5.74, 6) is 0.926. The maximum atomic E-state index is 10.7. The first-order chi connectivity index (χ1) is 10.7. The highest BCUT2D eigenvalue weighted by Gasteiger charge is 2.72. The van der Waals surface area contributed by atoms with Crippen molar-refractivity contribution in [2.75, 3.05) is 7.11 Å². The first-order valence-electron chi connectivity index (χ1n) is 7.87. The maximum absolute atomic E-state index is 10.7. The van der Waals surface area contributed by atoms with Crippen LogP contribution in [0, 0.1) is 5.41 Å². The van der Waals surface area contributed by atoms with Gasteiger partial charge >= 0.3 is 0 Å². The third kappa shape index (κ3) is 1.29. The Morgan fingerprint density at radius 2 is 1.91 bits per heavy atom. The van der Waals surface area contributed by atoms with Gasteiger partial charge in [0.25, 0.3) is 0 Å². The number of ether oxygens (including phenoxy) is 1. The van der Waals surface area contributed by atoms with Crippen LogP contribution in [-0.4, -0.2) is 22.2 Å². The Morgan fingerprint density at radius 1 is 1.14 bits per heavy atom. The Labute approximate surface area is 129 Å². The lowest BCUT2D eigenvalue weighted by Crippen LogP contribution is -2.34. The predicted octanol–water partition coefficient (Wildman–Crippen LogP) is 2.56. The van der Waals surface area contributed by atoms with Gasteiger partial charge in [-0.1, -0.05) is 6.07 Å². The van der Waals surface area contributed by atoms with Crippen LogP contribution in [0.4, 0.5) is 0 Å². The molecule has 1 fully saturated rings. The van der Waals surface area contributed by atoms with Gasteiger partial charge in [-0.05, 0) is 42.7 Å². The summed E-state index contributed by atoms with van der Waals surface area (Å²) in [4.78, 5) is 9.09. The Hall–Kier alpha value is -2.10. The first kappa shape index (κ1) is 12.4. The van der Waals surface area contributed by atoms with Crippen LogP contribution in [0.1, 0.15) is 35.4 Å². The van der Waals surface area contributed by atoms with Crippen molar-refractivity contribution in [3.8, 4) is 11.5 Å². The number of fused-ring (bicyclic) bond motifs is 2. The van der Waals surface area contributed by atoms with Crippen LogP contribution in [0.5, 0.6) is 11.5 Å². The molecule has 0 radical (unpaired) electrons. The van der Waals surface area contributed by atoms with Crippen molar-refractivity contribution in [1.29, 1.82) is 0 Å². The maximum Gasteiger partial charge on any atom is 0.161 e. The van der Waals surface area contributed by atoms with E-state index in [9.17, 15) is 5.11 Å². The zero-order valence-corrected chi connectivity index (χ0v) is 12.6. The van der Waals surface area contributed by atoms with Crippen LogP contribution in [-0.2, 0) is 24.7 Å². The molecule has 1 heterocycles. The highest BCUT2D eigenvalue weighted by molar-refractivity contribution is 5.61. The zero-order valence-electron chi connectivity index (χ0n) is 12.6. The van der Waals surface area contributed by atoms with Crippen LogP contribution < -0.4 is 4.74 Å². The second-order valence-corrected chi connectivity index (χ2v) is 6.99. The van der Waals surface area contributed by atoms with E-state index in [1.54, 1.807) is 19.5 Å². The van der Waals surface area contributed by atoms with Crippen molar-refractivity contribution in [2.24, 2.45) is 5.41 Å².